The third-order valence-corrected chi connectivity index (χ3v) is 4.94. The van der Waals surface area contributed by atoms with Gasteiger partial charge in [-0.25, -0.2) is 9.59 Å². The van der Waals surface area contributed by atoms with E-state index in [0.717, 1.165) is 25.1 Å². The van der Waals surface area contributed by atoms with E-state index in [2.05, 4.69) is 20.7 Å². The molecule has 0 saturated carbocycles. The number of likely N-dealkylation sites (tertiary alicyclic amines) is 1. The lowest BCUT2D eigenvalue weighted by Gasteiger charge is -2.25. The van der Waals surface area contributed by atoms with E-state index in [-0.39, 0.29) is 12.1 Å². The number of hydrogen-bond donors (Lipinski definition) is 1. The van der Waals surface area contributed by atoms with Crippen molar-refractivity contribution in [3.63, 3.8) is 0 Å². The number of rotatable bonds is 3. The van der Waals surface area contributed by atoms with E-state index in [0.29, 0.717) is 10.6 Å². The Morgan fingerprint density at radius 3 is 2.96 bits per heavy atom. The number of methoxy groups -OCH3 is 1. The number of nitrogens with zero attached hydrogens (tertiary/aromatic N) is 2. The number of anilines is 1. The summed E-state index contributed by atoms with van der Waals surface area (Å²) in [5.41, 5.74) is 1.59. The molecule has 1 unspecified atom stereocenters. The molecule has 1 atom stereocenters. The Hall–Kier alpha value is -2.28. The van der Waals surface area contributed by atoms with Gasteiger partial charge in [-0.05, 0) is 31.0 Å². The minimum absolute atomic E-state index is 0.0926. The molecule has 2 amide bonds. The average molecular weight is 333 g/mol. The summed E-state index contributed by atoms with van der Waals surface area (Å²) in [6.07, 6.45) is 3.94. The van der Waals surface area contributed by atoms with Crippen LogP contribution in [0.5, 0.6) is 0 Å². The summed E-state index contributed by atoms with van der Waals surface area (Å²) in [6, 6.07) is 5.65. The molecule has 1 saturated heterocycles. The Balaban J connectivity index is 1.71. The van der Waals surface area contributed by atoms with Crippen molar-refractivity contribution in [1.29, 1.82) is 0 Å². The van der Waals surface area contributed by atoms with Crippen LogP contribution in [0.15, 0.2) is 29.8 Å². The van der Waals surface area contributed by atoms with Crippen LogP contribution in [0.3, 0.4) is 0 Å². The Bertz CT molecular complexity index is 722. The monoisotopic (exact) mass is 333 g/mol. The van der Waals surface area contributed by atoms with Crippen molar-refractivity contribution in [2.24, 2.45) is 7.05 Å². The van der Waals surface area contributed by atoms with E-state index in [4.69, 9.17) is 0 Å². The van der Waals surface area contributed by atoms with Gasteiger partial charge in [-0.1, -0.05) is 0 Å². The molecule has 23 heavy (non-hydrogen) atoms. The molecule has 0 aromatic carbocycles. The van der Waals surface area contributed by atoms with Crippen LogP contribution < -0.4 is 5.32 Å². The quantitative estimate of drug-likeness (QED) is 0.877. The Morgan fingerprint density at radius 2 is 2.26 bits per heavy atom. The Kier molecular flexibility index (Phi) is 4.38. The maximum atomic E-state index is 12.6. The fraction of sp³-hybridized carbons (Fsp3) is 0.375. The SMILES string of the molecule is COC(=O)c1csc(NC(=O)N2CCCC2c2cccn2C)c1. The zero-order valence-corrected chi connectivity index (χ0v) is 13.9. The highest BCUT2D eigenvalue weighted by molar-refractivity contribution is 7.14. The highest BCUT2D eigenvalue weighted by Crippen LogP contribution is 2.33. The number of esters is 1. The zero-order chi connectivity index (χ0) is 16.4. The predicted molar refractivity (Wildman–Crippen MR) is 88.8 cm³/mol. The second kappa shape index (κ2) is 6.45. The molecule has 2 aromatic heterocycles. The van der Waals surface area contributed by atoms with Gasteiger partial charge in [0.2, 0.25) is 0 Å². The molecule has 1 fully saturated rings. The molecule has 1 N–H and O–H groups in total. The first-order valence-corrected chi connectivity index (χ1v) is 8.34. The van der Waals surface area contributed by atoms with Crippen molar-refractivity contribution in [3.8, 4) is 0 Å². The lowest BCUT2D eigenvalue weighted by molar-refractivity contribution is 0.0601. The minimum Gasteiger partial charge on any atom is -0.465 e. The molecule has 3 rings (SSSR count). The summed E-state index contributed by atoms with van der Waals surface area (Å²) >= 11 is 1.32. The molecule has 0 aliphatic carbocycles. The number of carbonyl (C=O) groups is 2. The van der Waals surface area contributed by atoms with Gasteiger partial charge in [-0.15, -0.1) is 11.3 Å². The normalized spacial score (nSPS) is 17.3. The summed E-state index contributed by atoms with van der Waals surface area (Å²) in [6.45, 7) is 0.733. The number of urea groups is 1. The Morgan fingerprint density at radius 1 is 1.43 bits per heavy atom. The van der Waals surface area contributed by atoms with E-state index in [9.17, 15) is 9.59 Å². The van der Waals surface area contributed by atoms with Crippen LogP contribution >= 0.6 is 11.3 Å². The highest BCUT2D eigenvalue weighted by Gasteiger charge is 2.31. The van der Waals surface area contributed by atoms with Crippen molar-refractivity contribution in [2.45, 2.75) is 18.9 Å². The van der Waals surface area contributed by atoms with Gasteiger partial charge in [0, 0.05) is 30.9 Å². The lowest BCUT2D eigenvalue weighted by Crippen LogP contribution is -2.34. The Labute approximate surface area is 138 Å². The second-order valence-corrected chi connectivity index (χ2v) is 6.43. The molecule has 1 aliphatic heterocycles. The van der Waals surface area contributed by atoms with Crippen molar-refractivity contribution >= 4 is 28.3 Å². The smallest absolute Gasteiger partial charge is 0.338 e. The van der Waals surface area contributed by atoms with Crippen LogP contribution in [0.1, 0.15) is 34.9 Å². The molecule has 2 aromatic rings. The van der Waals surface area contributed by atoms with Crippen LogP contribution in [-0.2, 0) is 11.8 Å². The molecular formula is C16H19N3O3S. The molecular weight excluding hydrogens is 314 g/mol. The van der Waals surface area contributed by atoms with Gasteiger partial charge >= 0.3 is 12.0 Å². The van der Waals surface area contributed by atoms with Crippen LogP contribution in [0.2, 0.25) is 0 Å². The highest BCUT2D eigenvalue weighted by atomic mass is 32.1. The van der Waals surface area contributed by atoms with E-state index in [1.807, 2.05) is 24.2 Å². The maximum Gasteiger partial charge on any atom is 0.338 e. The molecule has 7 heteroatoms. The van der Waals surface area contributed by atoms with Gasteiger partial charge in [0.05, 0.1) is 23.7 Å². The number of carbonyl (C=O) groups excluding carboxylic acids is 2. The third kappa shape index (κ3) is 3.10. The van der Waals surface area contributed by atoms with Crippen LogP contribution in [0, 0.1) is 0 Å². The zero-order valence-electron chi connectivity index (χ0n) is 13.1. The summed E-state index contributed by atoms with van der Waals surface area (Å²) in [5, 5.41) is 5.21. The molecule has 1 aliphatic rings. The number of aryl methyl sites for hydroxylation is 1. The molecule has 0 bridgehead atoms. The van der Waals surface area contributed by atoms with E-state index >= 15 is 0 Å². The first kappa shape index (κ1) is 15.6. The van der Waals surface area contributed by atoms with Gasteiger partial charge < -0.3 is 14.2 Å². The lowest BCUT2D eigenvalue weighted by atomic mass is 10.1. The fourth-order valence-electron chi connectivity index (χ4n) is 2.94. The summed E-state index contributed by atoms with van der Waals surface area (Å²) < 4.78 is 6.73. The number of nitrogens with one attached hydrogen (secondary N) is 1. The molecule has 122 valence electrons. The third-order valence-electron chi connectivity index (χ3n) is 4.09. The van der Waals surface area contributed by atoms with Crippen LogP contribution in [0.25, 0.3) is 0 Å². The summed E-state index contributed by atoms with van der Waals surface area (Å²) in [4.78, 5) is 25.9. The molecule has 3 heterocycles. The van der Waals surface area contributed by atoms with E-state index in [1.54, 1.807) is 11.4 Å². The van der Waals surface area contributed by atoms with Gasteiger partial charge in [0.1, 0.15) is 0 Å². The molecule has 0 spiro atoms. The summed E-state index contributed by atoms with van der Waals surface area (Å²) in [5.74, 6) is -0.399. The van der Waals surface area contributed by atoms with Gasteiger partial charge in [-0.3, -0.25) is 5.32 Å². The topological polar surface area (TPSA) is 63.6 Å². The number of ether oxygens (including phenoxy) is 1. The minimum atomic E-state index is -0.399. The van der Waals surface area contributed by atoms with Crippen LogP contribution in [0.4, 0.5) is 9.80 Å². The summed E-state index contributed by atoms with van der Waals surface area (Å²) in [7, 11) is 3.33. The first-order chi connectivity index (χ1) is 11.1. The van der Waals surface area contributed by atoms with Gasteiger partial charge in [0.15, 0.2) is 0 Å². The first-order valence-electron chi connectivity index (χ1n) is 7.46. The van der Waals surface area contributed by atoms with Gasteiger partial charge in [-0.2, -0.15) is 0 Å². The maximum absolute atomic E-state index is 12.6. The second-order valence-electron chi connectivity index (χ2n) is 5.52. The van der Waals surface area contributed by atoms with Crippen molar-refractivity contribution in [2.75, 3.05) is 19.0 Å². The van der Waals surface area contributed by atoms with E-state index in [1.165, 1.54) is 18.4 Å². The van der Waals surface area contributed by atoms with Crippen molar-refractivity contribution in [3.05, 3.63) is 41.0 Å². The molecule has 0 radical (unpaired) electrons. The van der Waals surface area contributed by atoms with Gasteiger partial charge in [0.25, 0.3) is 0 Å². The predicted octanol–water partition coefficient (Wildman–Crippen LogP) is 3.24. The number of amides is 2. The van der Waals surface area contributed by atoms with E-state index < -0.39 is 5.97 Å². The number of thiophene rings is 1. The van der Waals surface area contributed by atoms with Crippen molar-refractivity contribution in [1.82, 2.24) is 9.47 Å². The number of aromatic nitrogens is 1. The fourth-order valence-corrected chi connectivity index (χ4v) is 3.70. The number of hydrogen-bond acceptors (Lipinski definition) is 4. The van der Waals surface area contributed by atoms with Crippen molar-refractivity contribution < 1.29 is 14.3 Å². The largest absolute Gasteiger partial charge is 0.465 e. The average Bonchev–Trinajstić information content (AvgIpc) is 3.25. The molecule has 6 nitrogen and oxygen atoms in total. The van der Waals surface area contributed by atoms with Crippen LogP contribution in [-0.4, -0.2) is 35.1 Å². The standard InChI is InChI=1S/C16H19N3O3S/c1-18-7-3-5-12(18)13-6-4-8-19(13)16(21)17-14-9-11(10-23-14)15(20)22-2/h3,5,7,9-10,13H,4,6,8H2,1-2H3,(H,17,21).